The number of fused-ring (bicyclic) bond motifs is 4. The summed E-state index contributed by atoms with van der Waals surface area (Å²) in [5, 5.41) is 3.07. The molecule has 3 fully saturated rings. The maximum atomic E-state index is 12.9. The third-order valence-electron chi connectivity index (χ3n) is 6.87. The number of aromatic nitrogens is 1. The Hall–Kier alpha value is -2.15. The molecule has 29 heavy (non-hydrogen) atoms. The zero-order chi connectivity index (χ0) is 20.4. The number of anilines is 1. The molecule has 7 nitrogen and oxygen atoms in total. The third-order valence-corrected chi connectivity index (χ3v) is 6.87. The Morgan fingerprint density at radius 2 is 2.17 bits per heavy atom. The highest BCUT2D eigenvalue weighted by molar-refractivity contribution is 5.79. The molecule has 0 saturated carbocycles. The fourth-order valence-electron chi connectivity index (χ4n) is 5.56. The lowest BCUT2D eigenvalue weighted by atomic mass is 9.72. The Kier molecular flexibility index (Phi) is 6.04. The first-order valence-corrected chi connectivity index (χ1v) is 10.8. The van der Waals surface area contributed by atoms with Crippen molar-refractivity contribution < 1.29 is 14.3 Å². The molecule has 4 heterocycles. The molecule has 1 aromatic heterocycles. The molecule has 3 aliphatic heterocycles. The lowest BCUT2D eigenvalue weighted by molar-refractivity contribution is -0.149. The molecule has 0 aromatic carbocycles. The molecule has 7 heteroatoms. The summed E-state index contributed by atoms with van der Waals surface area (Å²) < 4.78 is 5.01. The molecule has 158 valence electrons. The number of nitrogens with zero attached hydrogens (tertiary/aromatic N) is 3. The van der Waals surface area contributed by atoms with Crippen molar-refractivity contribution in [3.05, 3.63) is 24.0 Å². The van der Waals surface area contributed by atoms with Gasteiger partial charge in [0.1, 0.15) is 0 Å². The molecule has 1 N–H and O–H groups in total. The maximum absolute atomic E-state index is 12.9. The highest BCUT2D eigenvalue weighted by Crippen LogP contribution is 2.42. The topological polar surface area (TPSA) is 74.8 Å². The van der Waals surface area contributed by atoms with E-state index in [2.05, 4.69) is 33.1 Å². The fourth-order valence-corrected chi connectivity index (χ4v) is 5.56. The third kappa shape index (κ3) is 4.10. The summed E-state index contributed by atoms with van der Waals surface area (Å²) in [6.07, 6.45) is 7.95. The lowest BCUT2D eigenvalue weighted by Gasteiger charge is -2.57. The molecular weight excluding hydrogens is 368 g/mol. The van der Waals surface area contributed by atoms with Gasteiger partial charge >= 0.3 is 0 Å². The number of hydrogen-bond acceptors (Lipinski definition) is 5. The molecule has 4 atom stereocenters. The molecule has 1 aromatic rings. The standard InChI is InChI=1S/C22H32N4O3/c1-15-11-23-8-6-18(15)25-13-16-10-17(14-25)20(12-24-21(27)7-9-29-2)26-19(16)4-3-5-22(26)28/h6,8,11,16-17,19-20H,3-5,7,9-10,12-14H2,1-2H3,(H,24,27)/t16-,17+,19+,20+/m1/s1. The summed E-state index contributed by atoms with van der Waals surface area (Å²) in [7, 11) is 1.60. The van der Waals surface area contributed by atoms with E-state index in [4.69, 9.17) is 4.74 Å². The van der Waals surface area contributed by atoms with Crippen molar-refractivity contribution in [2.24, 2.45) is 11.8 Å². The van der Waals surface area contributed by atoms with Gasteiger partial charge in [-0.05, 0) is 49.7 Å². The van der Waals surface area contributed by atoms with E-state index in [0.717, 1.165) is 32.4 Å². The van der Waals surface area contributed by atoms with Gasteiger partial charge in [0.2, 0.25) is 11.8 Å². The van der Waals surface area contributed by atoms with Crippen LogP contribution in [0.25, 0.3) is 0 Å². The van der Waals surface area contributed by atoms with Gasteiger partial charge in [0.25, 0.3) is 0 Å². The predicted octanol–water partition coefficient (Wildman–Crippen LogP) is 1.75. The molecule has 2 bridgehead atoms. The number of carbonyl (C=O) groups excluding carboxylic acids is 2. The number of nitrogens with one attached hydrogen (secondary N) is 1. The minimum atomic E-state index is -0.00683. The first-order chi connectivity index (χ1) is 14.1. The number of methoxy groups -OCH3 is 1. The minimum absolute atomic E-state index is 0.00683. The van der Waals surface area contributed by atoms with Crippen molar-refractivity contribution in [3.8, 4) is 0 Å². The lowest BCUT2D eigenvalue weighted by Crippen LogP contribution is -2.67. The summed E-state index contributed by atoms with van der Waals surface area (Å²) >= 11 is 0. The van der Waals surface area contributed by atoms with Crippen molar-refractivity contribution in [2.75, 3.05) is 38.3 Å². The van der Waals surface area contributed by atoms with Crippen molar-refractivity contribution in [1.29, 1.82) is 0 Å². The second-order valence-corrected chi connectivity index (χ2v) is 8.70. The van der Waals surface area contributed by atoms with Crippen LogP contribution in [-0.2, 0) is 14.3 Å². The van der Waals surface area contributed by atoms with Crippen LogP contribution in [-0.4, -0.2) is 67.1 Å². The highest BCUT2D eigenvalue weighted by atomic mass is 16.5. The van der Waals surface area contributed by atoms with E-state index >= 15 is 0 Å². The smallest absolute Gasteiger partial charge is 0.223 e. The van der Waals surface area contributed by atoms with Crippen molar-refractivity contribution in [1.82, 2.24) is 15.2 Å². The Morgan fingerprint density at radius 3 is 2.97 bits per heavy atom. The van der Waals surface area contributed by atoms with Gasteiger partial charge in [0.05, 0.1) is 12.6 Å². The van der Waals surface area contributed by atoms with Crippen LogP contribution in [0.4, 0.5) is 5.69 Å². The SMILES string of the molecule is COCCC(=O)NC[C@H]1[C@H]2C[C@H](CN(c3ccncc3C)C2)[C@@H]2CCCC(=O)N21. The minimum Gasteiger partial charge on any atom is -0.384 e. The number of hydrogen-bond donors (Lipinski definition) is 1. The van der Waals surface area contributed by atoms with Crippen LogP contribution in [0.1, 0.15) is 37.7 Å². The molecule has 0 aliphatic carbocycles. The average molecular weight is 401 g/mol. The zero-order valence-electron chi connectivity index (χ0n) is 17.5. The molecule has 0 radical (unpaired) electrons. The van der Waals surface area contributed by atoms with E-state index < -0.39 is 0 Å². The van der Waals surface area contributed by atoms with Crippen LogP contribution in [0, 0.1) is 18.8 Å². The zero-order valence-corrected chi connectivity index (χ0v) is 17.5. The number of ether oxygens (including phenoxy) is 1. The number of rotatable bonds is 6. The first kappa shape index (κ1) is 20.1. The number of piperidine rings is 3. The summed E-state index contributed by atoms with van der Waals surface area (Å²) in [6.45, 7) is 4.96. The van der Waals surface area contributed by atoms with Gasteiger partial charge in [-0.3, -0.25) is 14.6 Å². The van der Waals surface area contributed by atoms with Crippen molar-refractivity contribution in [2.45, 2.75) is 51.1 Å². The maximum Gasteiger partial charge on any atom is 0.223 e. The summed E-state index contributed by atoms with van der Waals surface area (Å²) in [4.78, 5) is 33.9. The molecule has 3 aliphatic rings. The second kappa shape index (κ2) is 8.69. The quantitative estimate of drug-likeness (QED) is 0.787. The monoisotopic (exact) mass is 400 g/mol. The molecule has 0 unspecified atom stereocenters. The van der Waals surface area contributed by atoms with Gasteiger partial charge in [-0.15, -0.1) is 0 Å². The number of amides is 2. The van der Waals surface area contributed by atoms with E-state index in [9.17, 15) is 9.59 Å². The first-order valence-electron chi connectivity index (χ1n) is 10.8. The van der Waals surface area contributed by atoms with Crippen LogP contribution in [0.2, 0.25) is 0 Å². The van der Waals surface area contributed by atoms with E-state index in [-0.39, 0.29) is 17.9 Å². The van der Waals surface area contributed by atoms with Gasteiger partial charge in [-0.1, -0.05) is 0 Å². The normalized spacial score (nSPS) is 28.8. The Bertz CT molecular complexity index is 755. The van der Waals surface area contributed by atoms with Gasteiger partial charge in [-0.2, -0.15) is 0 Å². The van der Waals surface area contributed by atoms with Gasteiger partial charge in [0.15, 0.2) is 0 Å². The Labute approximate surface area is 172 Å². The van der Waals surface area contributed by atoms with Gasteiger partial charge in [-0.25, -0.2) is 0 Å². The van der Waals surface area contributed by atoms with E-state index in [0.29, 0.717) is 43.9 Å². The van der Waals surface area contributed by atoms with E-state index in [1.165, 1.54) is 11.3 Å². The number of aryl methyl sites for hydroxylation is 1. The van der Waals surface area contributed by atoms with Gasteiger partial charge in [0, 0.05) is 63.7 Å². The average Bonchev–Trinajstić information content (AvgIpc) is 2.72. The Morgan fingerprint density at radius 1 is 1.34 bits per heavy atom. The van der Waals surface area contributed by atoms with Crippen LogP contribution >= 0.6 is 0 Å². The fraction of sp³-hybridized carbons (Fsp3) is 0.682. The molecule has 2 amide bonds. The number of pyridine rings is 1. The molecular formula is C22H32N4O3. The number of carbonyl (C=O) groups is 2. The molecule has 3 saturated heterocycles. The highest BCUT2D eigenvalue weighted by Gasteiger charge is 2.49. The van der Waals surface area contributed by atoms with E-state index in [1.807, 2.05) is 12.4 Å². The van der Waals surface area contributed by atoms with Gasteiger partial charge < -0.3 is 19.9 Å². The molecule has 0 spiro atoms. The predicted molar refractivity (Wildman–Crippen MR) is 111 cm³/mol. The summed E-state index contributed by atoms with van der Waals surface area (Å²) in [5.41, 5.74) is 2.43. The van der Waals surface area contributed by atoms with Crippen LogP contribution in [0.15, 0.2) is 18.5 Å². The second-order valence-electron chi connectivity index (χ2n) is 8.70. The van der Waals surface area contributed by atoms with Crippen molar-refractivity contribution in [3.63, 3.8) is 0 Å². The van der Waals surface area contributed by atoms with Crippen LogP contribution < -0.4 is 10.2 Å². The Balaban J connectivity index is 1.55. The van der Waals surface area contributed by atoms with Crippen LogP contribution in [0.5, 0.6) is 0 Å². The van der Waals surface area contributed by atoms with E-state index in [1.54, 1.807) is 7.11 Å². The summed E-state index contributed by atoms with van der Waals surface area (Å²) in [6, 6.07) is 2.46. The van der Waals surface area contributed by atoms with Crippen LogP contribution in [0.3, 0.4) is 0 Å². The van der Waals surface area contributed by atoms with Crippen molar-refractivity contribution >= 4 is 17.5 Å². The molecule has 4 rings (SSSR count). The largest absolute Gasteiger partial charge is 0.384 e. The summed E-state index contributed by atoms with van der Waals surface area (Å²) in [5.74, 6) is 1.11.